The Morgan fingerprint density at radius 3 is 2.83 bits per heavy atom. The van der Waals surface area contributed by atoms with E-state index in [4.69, 9.17) is 0 Å². The Labute approximate surface area is 141 Å². The molecule has 0 aliphatic rings. The predicted octanol–water partition coefficient (Wildman–Crippen LogP) is 4.76. The van der Waals surface area contributed by atoms with Gasteiger partial charge in [-0.05, 0) is 53.2 Å². The normalized spacial score (nSPS) is 11.0. The second-order valence-corrected chi connectivity index (χ2v) is 6.27. The SMILES string of the molecule is Cc1cccc(-c2[nH]cnc2-c2ccc3ncc(Br)cc3c2)n1. The minimum atomic E-state index is 0.893. The van der Waals surface area contributed by atoms with Crippen molar-refractivity contribution < 1.29 is 0 Å². The van der Waals surface area contributed by atoms with E-state index >= 15 is 0 Å². The van der Waals surface area contributed by atoms with Crippen LogP contribution in [0.3, 0.4) is 0 Å². The molecule has 3 aromatic heterocycles. The third-order valence-electron chi connectivity index (χ3n) is 3.71. The van der Waals surface area contributed by atoms with Crippen molar-refractivity contribution in [3.8, 4) is 22.6 Å². The fraction of sp³-hybridized carbons (Fsp3) is 0.0556. The van der Waals surface area contributed by atoms with Crippen LogP contribution in [-0.2, 0) is 0 Å². The van der Waals surface area contributed by atoms with Crippen molar-refractivity contribution in [2.24, 2.45) is 0 Å². The largest absolute Gasteiger partial charge is 0.343 e. The highest BCUT2D eigenvalue weighted by molar-refractivity contribution is 9.10. The zero-order valence-corrected chi connectivity index (χ0v) is 14.0. The molecule has 0 unspecified atom stereocenters. The van der Waals surface area contributed by atoms with Gasteiger partial charge in [0.25, 0.3) is 0 Å². The molecule has 0 saturated carbocycles. The molecule has 3 heterocycles. The number of halogens is 1. The third-order valence-corrected chi connectivity index (χ3v) is 4.14. The van der Waals surface area contributed by atoms with Crippen molar-refractivity contribution in [1.29, 1.82) is 0 Å². The van der Waals surface area contributed by atoms with E-state index in [1.165, 1.54) is 0 Å². The van der Waals surface area contributed by atoms with Crippen LogP contribution in [0.5, 0.6) is 0 Å². The van der Waals surface area contributed by atoms with Gasteiger partial charge in [0.15, 0.2) is 0 Å². The molecule has 0 aliphatic heterocycles. The minimum absolute atomic E-state index is 0.893. The van der Waals surface area contributed by atoms with Crippen molar-refractivity contribution in [3.05, 3.63) is 65.2 Å². The van der Waals surface area contributed by atoms with Crippen LogP contribution in [0.15, 0.2) is 59.5 Å². The lowest BCUT2D eigenvalue weighted by Gasteiger charge is -2.05. The van der Waals surface area contributed by atoms with Crippen LogP contribution < -0.4 is 0 Å². The van der Waals surface area contributed by atoms with Crippen molar-refractivity contribution in [1.82, 2.24) is 19.9 Å². The number of aromatic amines is 1. The first-order chi connectivity index (χ1) is 11.2. The molecule has 4 aromatic rings. The Morgan fingerprint density at radius 1 is 1.04 bits per heavy atom. The van der Waals surface area contributed by atoms with Gasteiger partial charge in [0.2, 0.25) is 0 Å². The summed E-state index contributed by atoms with van der Waals surface area (Å²) in [5, 5.41) is 1.07. The number of benzene rings is 1. The highest BCUT2D eigenvalue weighted by Crippen LogP contribution is 2.30. The van der Waals surface area contributed by atoms with Gasteiger partial charge >= 0.3 is 0 Å². The number of nitrogens with one attached hydrogen (secondary N) is 1. The van der Waals surface area contributed by atoms with E-state index in [1.54, 1.807) is 12.5 Å². The molecule has 112 valence electrons. The molecule has 4 nitrogen and oxygen atoms in total. The Hall–Kier alpha value is -2.53. The van der Waals surface area contributed by atoms with E-state index in [9.17, 15) is 0 Å². The van der Waals surface area contributed by atoms with Crippen LogP contribution in [0, 0.1) is 6.92 Å². The summed E-state index contributed by atoms with van der Waals surface area (Å²) in [5.41, 5.74) is 5.69. The quantitative estimate of drug-likeness (QED) is 0.557. The molecule has 0 atom stereocenters. The van der Waals surface area contributed by atoms with Crippen LogP contribution in [0.2, 0.25) is 0 Å². The van der Waals surface area contributed by atoms with Crippen LogP contribution >= 0.6 is 15.9 Å². The van der Waals surface area contributed by atoms with Gasteiger partial charge in [-0.15, -0.1) is 0 Å². The summed E-state index contributed by atoms with van der Waals surface area (Å²) >= 11 is 3.47. The fourth-order valence-corrected chi connectivity index (χ4v) is 2.99. The maximum atomic E-state index is 4.59. The first-order valence-electron chi connectivity index (χ1n) is 7.24. The summed E-state index contributed by atoms with van der Waals surface area (Å²) in [6.45, 7) is 1.98. The van der Waals surface area contributed by atoms with Gasteiger partial charge in [0.05, 0.1) is 28.9 Å². The molecule has 0 spiro atoms. The Balaban J connectivity index is 1.87. The monoisotopic (exact) mass is 364 g/mol. The highest BCUT2D eigenvalue weighted by atomic mass is 79.9. The second-order valence-electron chi connectivity index (χ2n) is 5.35. The van der Waals surface area contributed by atoms with Gasteiger partial charge in [-0.1, -0.05) is 12.1 Å². The Bertz CT molecular complexity index is 1010. The standard InChI is InChI=1S/C18H13BrN4/c1-11-3-2-4-16(23-11)18-17(21-10-22-18)12-5-6-15-13(7-12)8-14(19)9-20-15/h2-10H,1H3,(H,21,22). The number of fused-ring (bicyclic) bond motifs is 1. The van der Waals surface area contributed by atoms with Gasteiger partial charge in [-0.3, -0.25) is 9.97 Å². The van der Waals surface area contributed by atoms with Crippen molar-refractivity contribution in [2.75, 3.05) is 0 Å². The molecule has 0 amide bonds. The zero-order valence-electron chi connectivity index (χ0n) is 12.4. The molecule has 1 aromatic carbocycles. The lowest BCUT2D eigenvalue weighted by molar-refractivity contribution is 1.19. The summed E-state index contributed by atoms with van der Waals surface area (Å²) in [6, 6.07) is 14.2. The van der Waals surface area contributed by atoms with Gasteiger partial charge in [0.1, 0.15) is 0 Å². The van der Waals surface area contributed by atoms with Crippen LogP contribution in [-0.4, -0.2) is 19.9 Å². The van der Waals surface area contributed by atoms with E-state index in [2.05, 4.69) is 48.0 Å². The van der Waals surface area contributed by atoms with Crippen molar-refractivity contribution in [2.45, 2.75) is 6.92 Å². The smallest absolute Gasteiger partial charge is 0.0977 e. The zero-order chi connectivity index (χ0) is 15.8. The molecule has 23 heavy (non-hydrogen) atoms. The average molecular weight is 365 g/mol. The lowest BCUT2D eigenvalue weighted by atomic mass is 10.1. The molecular weight excluding hydrogens is 352 g/mol. The van der Waals surface area contributed by atoms with E-state index in [-0.39, 0.29) is 0 Å². The highest BCUT2D eigenvalue weighted by Gasteiger charge is 2.12. The predicted molar refractivity (Wildman–Crippen MR) is 95.0 cm³/mol. The van der Waals surface area contributed by atoms with Crippen molar-refractivity contribution in [3.63, 3.8) is 0 Å². The number of hydrogen-bond donors (Lipinski definition) is 1. The molecule has 0 saturated heterocycles. The summed E-state index contributed by atoms with van der Waals surface area (Å²) in [4.78, 5) is 16.7. The fourth-order valence-electron chi connectivity index (χ4n) is 2.64. The molecule has 0 radical (unpaired) electrons. The number of rotatable bonds is 2. The number of imidazole rings is 1. The molecule has 4 rings (SSSR count). The van der Waals surface area contributed by atoms with Crippen LogP contribution in [0.4, 0.5) is 0 Å². The first kappa shape index (κ1) is 14.1. The number of pyridine rings is 2. The van der Waals surface area contributed by atoms with Crippen molar-refractivity contribution >= 4 is 26.8 Å². The molecule has 1 N–H and O–H groups in total. The average Bonchev–Trinajstić information content (AvgIpc) is 3.03. The third kappa shape index (κ3) is 2.64. The number of aromatic nitrogens is 4. The maximum Gasteiger partial charge on any atom is 0.0977 e. The Morgan fingerprint density at radius 2 is 1.96 bits per heavy atom. The van der Waals surface area contributed by atoms with Crippen LogP contribution in [0.25, 0.3) is 33.5 Å². The number of hydrogen-bond acceptors (Lipinski definition) is 3. The van der Waals surface area contributed by atoms with Gasteiger partial charge in [0, 0.05) is 27.3 Å². The number of aryl methyl sites for hydroxylation is 1. The summed E-state index contributed by atoms with van der Waals surface area (Å²) in [6.07, 6.45) is 3.51. The summed E-state index contributed by atoms with van der Waals surface area (Å²) < 4.78 is 0.963. The topological polar surface area (TPSA) is 54.5 Å². The van der Waals surface area contributed by atoms with Gasteiger partial charge in [-0.25, -0.2) is 4.98 Å². The number of nitrogens with zero attached hydrogens (tertiary/aromatic N) is 3. The summed E-state index contributed by atoms with van der Waals surface area (Å²) in [7, 11) is 0. The maximum absolute atomic E-state index is 4.59. The molecule has 0 aliphatic carbocycles. The van der Waals surface area contributed by atoms with E-state index < -0.39 is 0 Å². The first-order valence-corrected chi connectivity index (χ1v) is 8.03. The summed E-state index contributed by atoms with van der Waals surface area (Å²) in [5.74, 6) is 0. The van der Waals surface area contributed by atoms with E-state index in [0.717, 1.165) is 43.7 Å². The van der Waals surface area contributed by atoms with Crippen LogP contribution in [0.1, 0.15) is 5.69 Å². The van der Waals surface area contributed by atoms with E-state index in [1.807, 2.05) is 37.3 Å². The second kappa shape index (κ2) is 5.59. The minimum Gasteiger partial charge on any atom is -0.343 e. The number of H-pyrrole nitrogens is 1. The Kier molecular flexibility index (Phi) is 3.42. The molecular formula is C18H13BrN4. The van der Waals surface area contributed by atoms with E-state index in [0.29, 0.717) is 0 Å². The van der Waals surface area contributed by atoms with Gasteiger partial charge < -0.3 is 4.98 Å². The molecule has 0 bridgehead atoms. The molecule has 0 fully saturated rings. The molecule has 5 heteroatoms. The van der Waals surface area contributed by atoms with Gasteiger partial charge in [-0.2, -0.15) is 0 Å². The lowest BCUT2D eigenvalue weighted by Crippen LogP contribution is -1.89.